The van der Waals surface area contributed by atoms with Crippen LogP contribution in [0.5, 0.6) is 5.75 Å². The first kappa shape index (κ1) is 10.7. The highest BCUT2D eigenvalue weighted by Crippen LogP contribution is 2.20. The van der Waals surface area contributed by atoms with Gasteiger partial charge in [0.1, 0.15) is 11.6 Å². The van der Waals surface area contributed by atoms with E-state index in [4.69, 9.17) is 10.6 Å². The Balaban J connectivity index is 2.87. The van der Waals surface area contributed by atoms with Crippen LogP contribution in [0.2, 0.25) is 0 Å². The van der Waals surface area contributed by atoms with Crippen molar-refractivity contribution in [1.29, 1.82) is 0 Å². The zero-order valence-electron chi connectivity index (χ0n) is 7.87. The minimum atomic E-state index is -0.306. The molecule has 1 rings (SSSR count). The molecule has 0 aromatic heterocycles. The zero-order chi connectivity index (χ0) is 10.4. The highest BCUT2D eigenvalue weighted by molar-refractivity contribution is 5.57. The fraction of sp³-hybridized carbons (Fsp3) is 0.200. The van der Waals surface area contributed by atoms with Crippen molar-refractivity contribution in [3.63, 3.8) is 0 Å². The molecule has 0 aliphatic heterocycles. The summed E-state index contributed by atoms with van der Waals surface area (Å²) in [7, 11) is 1.53. The maximum Gasteiger partial charge on any atom is 0.126 e. The Labute approximate surface area is 81.9 Å². The van der Waals surface area contributed by atoms with Crippen molar-refractivity contribution in [3.8, 4) is 5.75 Å². The molecule has 0 bridgehead atoms. The number of methoxy groups -OCH3 is 1. The summed E-state index contributed by atoms with van der Waals surface area (Å²) in [4.78, 5) is 4.35. The second-order valence-corrected chi connectivity index (χ2v) is 2.62. The number of ether oxygens (including phenoxy) is 1. The Hall–Kier alpha value is -1.39. The molecule has 2 N–H and O–H groups in total. The maximum absolute atomic E-state index is 12.8. The van der Waals surface area contributed by atoms with Crippen LogP contribution in [0, 0.1) is 5.82 Å². The van der Waals surface area contributed by atoms with Crippen LogP contribution in [-0.4, -0.2) is 13.7 Å². The average molecular weight is 197 g/mol. The summed E-state index contributed by atoms with van der Waals surface area (Å²) in [6.45, 7) is 0.277. The lowest BCUT2D eigenvalue weighted by Gasteiger charge is -2.03. The van der Waals surface area contributed by atoms with E-state index in [2.05, 4.69) is 4.84 Å². The van der Waals surface area contributed by atoms with E-state index < -0.39 is 0 Å². The van der Waals surface area contributed by atoms with E-state index in [9.17, 15) is 4.39 Å². The largest absolute Gasteiger partial charge is 0.496 e. The third-order valence-electron chi connectivity index (χ3n) is 1.68. The van der Waals surface area contributed by atoms with E-state index in [-0.39, 0.29) is 12.4 Å². The molecule has 1 aromatic rings. The molecule has 76 valence electrons. The standard InChI is InChI=1S/C10H12FNO2/c1-13-10-5-4-9(11)7-8(10)3-2-6-14-12/h2-5,7H,6,12H2,1H3/b3-2+. The summed E-state index contributed by atoms with van der Waals surface area (Å²) in [5.41, 5.74) is 0.657. The van der Waals surface area contributed by atoms with Gasteiger partial charge in [-0.1, -0.05) is 12.2 Å². The molecule has 0 aliphatic rings. The molecular formula is C10H12FNO2. The molecule has 0 heterocycles. The molecule has 1 aromatic carbocycles. The summed E-state index contributed by atoms with van der Waals surface area (Å²) in [6.07, 6.45) is 3.37. The van der Waals surface area contributed by atoms with Gasteiger partial charge in [0.2, 0.25) is 0 Å². The summed E-state index contributed by atoms with van der Waals surface area (Å²) < 4.78 is 17.9. The second kappa shape index (κ2) is 5.36. The van der Waals surface area contributed by atoms with E-state index in [0.29, 0.717) is 11.3 Å². The molecule has 0 fully saturated rings. The molecule has 0 aliphatic carbocycles. The van der Waals surface area contributed by atoms with Gasteiger partial charge < -0.3 is 9.57 Å². The predicted octanol–water partition coefficient (Wildman–Crippen LogP) is 1.74. The number of rotatable bonds is 4. The second-order valence-electron chi connectivity index (χ2n) is 2.62. The molecule has 0 saturated carbocycles. The Morgan fingerprint density at radius 2 is 2.29 bits per heavy atom. The highest BCUT2D eigenvalue weighted by atomic mass is 19.1. The summed E-state index contributed by atoms with van der Waals surface area (Å²) in [5, 5.41) is 0. The summed E-state index contributed by atoms with van der Waals surface area (Å²) in [5.74, 6) is 5.14. The molecule has 14 heavy (non-hydrogen) atoms. The summed E-state index contributed by atoms with van der Waals surface area (Å²) >= 11 is 0. The van der Waals surface area contributed by atoms with Crippen molar-refractivity contribution >= 4 is 6.08 Å². The van der Waals surface area contributed by atoms with Gasteiger partial charge in [0.15, 0.2) is 0 Å². The van der Waals surface area contributed by atoms with Gasteiger partial charge in [-0.25, -0.2) is 10.3 Å². The number of hydrogen-bond donors (Lipinski definition) is 1. The van der Waals surface area contributed by atoms with E-state index >= 15 is 0 Å². The van der Waals surface area contributed by atoms with Crippen LogP contribution in [0.25, 0.3) is 6.08 Å². The summed E-state index contributed by atoms with van der Waals surface area (Å²) in [6, 6.07) is 4.29. The molecular weight excluding hydrogens is 185 g/mol. The van der Waals surface area contributed by atoms with Gasteiger partial charge in [0, 0.05) is 5.56 Å². The van der Waals surface area contributed by atoms with Gasteiger partial charge in [0.25, 0.3) is 0 Å². The van der Waals surface area contributed by atoms with Crippen LogP contribution in [-0.2, 0) is 4.84 Å². The van der Waals surface area contributed by atoms with Gasteiger partial charge in [-0.3, -0.25) is 0 Å². The lowest BCUT2D eigenvalue weighted by molar-refractivity contribution is 0.168. The lowest BCUT2D eigenvalue weighted by atomic mass is 10.2. The van der Waals surface area contributed by atoms with Crippen molar-refractivity contribution in [1.82, 2.24) is 0 Å². The number of benzene rings is 1. The van der Waals surface area contributed by atoms with E-state index in [0.717, 1.165) is 0 Å². The monoisotopic (exact) mass is 197 g/mol. The lowest BCUT2D eigenvalue weighted by Crippen LogP contribution is -1.97. The smallest absolute Gasteiger partial charge is 0.126 e. The van der Waals surface area contributed by atoms with Gasteiger partial charge in [0.05, 0.1) is 13.7 Å². The van der Waals surface area contributed by atoms with Gasteiger partial charge in [-0.15, -0.1) is 0 Å². The maximum atomic E-state index is 12.8. The van der Waals surface area contributed by atoms with Gasteiger partial charge >= 0.3 is 0 Å². The van der Waals surface area contributed by atoms with Crippen LogP contribution in [0.15, 0.2) is 24.3 Å². The van der Waals surface area contributed by atoms with Crippen molar-refractivity contribution in [2.45, 2.75) is 0 Å². The van der Waals surface area contributed by atoms with Crippen LogP contribution in [0.1, 0.15) is 5.56 Å². The van der Waals surface area contributed by atoms with Gasteiger partial charge in [-0.05, 0) is 18.2 Å². The van der Waals surface area contributed by atoms with Crippen LogP contribution >= 0.6 is 0 Å². The minimum absolute atomic E-state index is 0.277. The molecule has 0 amide bonds. The molecule has 0 atom stereocenters. The first-order chi connectivity index (χ1) is 6.77. The molecule has 0 unspecified atom stereocenters. The average Bonchev–Trinajstić information content (AvgIpc) is 2.19. The Kier molecular flexibility index (Phi) is 4.10. The number of nitrogens with two attached hydrogens (primary N) is 1. The highest BCUT2D eigenvalue weighted by Gasteiger charge is 2.00. The third kappa shape index (κ3) is 2.83. The molecule has 0 radical (unpaired) electrons. The number of hydrogen-bond acceptors (Lipinski definition) is 3. The predicted molar refractivity (Wildman–Crippen MR) is 52.1 cm³/mol. The van der Waals surface area contributed by atoms with Crippen molar-refractivity contribution in [2.24, 2.45) is 5.90 Å². The van der Waals surface area contributed by atoms with Crippen molar-refractivity contribution in [2.75, 3.05) is 13.7 Å². The van der Waals surface area contributed by atoms with Crippen LogP contribution in [0.4, 0.5) is 4.39 Å². The van der Waals surface area contributed by atoms with Crippen molar-refractivity contribution in [3.05, 3.63) is 35.7 Å². The number of halogens is 1. The van der Waals surface area contributed by atoms with Gasteiger partial charge in [-0.2, -0.15) is 0 Å². The van der Waals surface area contributed by atoms with E-state index in [1.165, 1.54) is 19.2 Å². The molecule has 3 nitrogen and oxygen atoms in total. The Morgan fingerprint density at radius 1 is 1.50 bits per heavy atom. The zero-order valence-corrected chi connectivity index (χ0v) is 7.87. The first-order valence-electron chi connectivity index (χ1n) is 4.09. The van der Waals surface area contributed by atoms with Crippen LogP contribution < -0.4 is 10.6 Å². The first-order valence-corrected chi connectivity index (χ1v) is 4.09. The Morgan fingerprint density at radius 3 is 2.93 bits per heavy atom. The van der Waals surface area contributed by atoms with E-state index in [1.807, 2.05) is 0 Å². The topological polar surface area (TPSA) is 44.5 Å². The normalized spacial score (nSPS) is 10.8. The molecule has 0 spiro atoms. The SMILES string of the molecule is COc1ccc(F)cc1/C=C/CON. The van der Waals surface area contributed by atoms with E-state index in [1.54, 1.807) is 18.2 Å². The quantitative estimate of drug-likeness (QED) is 0.748. The fourth-order valence-corrected chi connectivity index (χ4v) is 1.07. The van der Waals surface area contributed by atoms with Crippen molar-refractivity contribution < 1.29 is 14.0 Å². The molecule has 0 saturated heterocycles. The molecule has 4 heteroatoms. The minimum Gasteiger partial charge on any atom is -0.496 e. The Bertz CT molecular complexity index is 326. The van der Waals surface area contributed by atoms with Crippen LogP contribution in [0.3, 0.4) is 0 Å². The third-order valence-corrected chi connectivity index (χ3v) is 1.68. The fourth-order valence-electron chi connectivity index (χ4n) is 1.07.